The Bertz CT molecular complexity index is 1110. The van der Waals surface area contributed by atoms with E-state index in [9.17, 15) is 9.59 Å². The third-order valence-corrected chi connectivity index (χ3v) is 10.5. The standard InChI is InChI=1S/C16H17OP.C15H15OP.2C2H6.2CH3.4Y/c1-14(17)12-13-18(15-8-4-2-5-9-15)16-10-6-3-7-11-16;1-13(16)12-17(14-8-4-2-5-9-14)15-10-6-3-7-11-15;2*1-2;;;;;;/h2-11H,12-13H2,1H3;2-11H,12H2,1H3;2*1-2H3;2*1H3;;;;/q;;;;2*-1;;;;. The van der Waals surface area contributed by atoms with Crippen molar-refractivity contribution in [3.63, 3.8) is 0 Å². The Labute approximate surface area is 379 Å². The van der Waals surface area contributed by atoms with Crippen LogP contribution in [0.1, 0.15) is 48.0 Å². The first-order valence-corrected chi connectivity index (χ1v) is 16.8. The molecule has 0 aromatic heterocycles. The number of hydrogen-bond acceptors (Lipinski definition) is 2. The normalized spacial score (nSPS) is 8.44. The van der Waals surface area contributed by atoms with Crippen LogP contribution in [0.25, 0.3) is 0 Å². The number of hydrogen-bond donors (Lipinski definition) is 0. The van der Waals surface area contributed by atoms with E-state index in [0.29, 0.717) is 12.6 Å². The smallest absolute Gasteiger partial charge is 0.134 e. The molecule has 4 rings (SSSR count). The van der Waals surface area contributed by atoms with E-state index in [1.54, 1.807) is 13.8 Å². The fourth-order valence-corrected chi connectivity index (χ4v) is 8.25. The van der Waals surface area contributed by atoms with Gasteiger partial charge in [-0.15, -0.1) is 0 Å². The van der Waals surface area contributed by atoms with Crippen molar-refractivity contribution in [2.24, 2.45) is 0 Å². The molecule has 0 N–H and O–H groups in total. The molecule has 0 amide bonds. The van der Waals surface area contributed by atoms with Crippen LogP contribution in [0.15, 0.2) is 121 Å². The van der Waals surface area contributed by atoms with Crippen molar-refractivity contribution in [3.8, 4) is 0 Å². The molecule has 0 fully saturated rings. The molecule has 2 nitrogen and oxygen atoms in total. The summed E-state index contributed by atoms with van der Waals surface area (Å²) < 4.78 is 0. The molecule has 0 bridgehead atoms. The number of carbonyl (C=O) groups excluding carboxylic acids is 2. The second-order valence-electron chi connectivity index (χ2n) is 8.23. The molecule has 0 heterocycles. The Hall–Kier alpha value is 1.50. The van der Waals surface area contributed by atoms with Crippen molar-refractivity contribution in [2.75, 3.05) is 12.3 Å². The third kappa shape index (κ3) is 25.2. The van der Waals surface area contributed by atoms with Gasteiger partial charge in [-0.3, -0.25) is 4.79 Å². The Balaban J connectivity index is -0.000000136. The summed E-state index contributed by atoms with van der Waals surface area (Å²) in [7, 11) is -0.944. The summed E-state index contributed by atoms with van der Waals surface area (Å²) in [6.07, 6.45) is 2.23. The molecule has 0 saturated heterocycles. The molecule has 0 aliphatic carbocycles. The Morgan fingerprint density at radius 3 is 0.911 bits per heavy atom. The fraction of sp³-hybridized carbons (Fsp3) is 0.243. The van der Waals surface area contributed by atoms with Crippen molar-refractivity contribution < 1.29 is 140 Å². The minimum Gasteiger partial charge on any atom is -0.358 e. The van der Waals surface area contributed by atoms with Gasteiger partial charge in [0.1, 0.15) is 11.6 Å². The molecule has 234 valence electrons. The first-order valence-electron chi connectivity index (χ1n) is 13.8. The van der Waals surface area contributed by atoms with Gasteiger partial charge in [0, 0.05) is 143 Å². The summed E-state index contributed by atoms with van der Waals surface area (Å²) in [5, 5.41) is 5.23. The summed E-state index contributed by atoms with van der Waals surface area (Å²) in [6.45, 7) is 11.3. The average molecular weight is 944 g/mol. The van der Waals surface area contributed by atoms with Gasteiger partial charge >= 0.3 is 0 Å². The summed E-state index contributed by atoms with van der Waals surface area (Å²) in [5.74, 6) is 0.526. The molecule has 0 atom stereocenters. The predicted octanol–water partition coefficient (Wildman–Crippen LogP) is 8.75. The fourth-order valence-electron chi connectivity index (χ4n) is 3.66. The molecule has 0 spiro atoms. The molecule has 4 aromatic rings. The van der Waals surface area contributed by atoms with Gasteiger partial charge < -0.3 is 19.6 Å². The van der Waals surface area contributed by atoms with Crippen molar-refractivity contribution >= 4 is 48.6 Å². The Morgan fingerprint density at radius 2 is 0.689 bits per heavy atom. The van der Waals surface area contributed by atoms with E-state index in [2.05, 4.69) is 72.8 Å². The van der Waals surface area contributed by atoms with Crippen LogP contribution in [0, 0.1) is 14.9 Å². The molecule has 0 saturated carbocycles. The molecular weight excluding hydrogens is 894 g/mol. The zero-order valence-electron chi connectivity index (χ0n) is 28.7. The van der Waals surface area contributed by atoms with Crippen LogP contribution in [-0.2, 0) is 140 Å². The Kier molecular flexibility index (Phi) is 49.9. The van der Waals surface area contributed by atoms with Crippen molar-refractivity contribution in [3.05, 3.63) is 136 Å². The van der Waals surface area contributed by atoms with Gasteiger partial charge in [-0.1, -0.05) is 149 Å². The minimum atomic E-state index is -0.540. The summed E-state index contributed by atoms with van der Waals surface area (Å²) in [6, 6.07) is 41.6. The summed E-state index contributed by atoms with van der Waals surface area (Å²) >= 11 is 0. The monoisotopic (exact) mass is 944 g/mol. The van der Waals surface area contributed by atoms with Crippen LogP contribution >= 0.6 is 15.8 Å². The van der Waals surface area contributed by atoms with Crippen molar-refractivity contribution in [1.82, 2.24) is 0 Å². The second kappa shape index (κ2) is 38.3. The van der Waals surface area contributed by atoms with Crippen LogP contribution < -0.4 is 21.2 Å². The zero-order valence-corrected chi connectivity index (χ0v) is 41.8. The van der Waals surface area contributed by atoms with Gasteiger partial charge in [0.15, 0.2) is 0 Å². The molecule has 0 aliphatic heterocycles. The molecular formula is C37H50O2P2Y4-2. The van der Waals surface area contributed by atoms with E-state index >= 15 is 0 Å². The van der Waals surface area contributed by atoms with Crippen molar-refractivity contribution in [2.45, 2.75) is 48.0 Å². The summed E-state index contributed by atoms with van der Waals surface area (Å²) in [5.41, 5.74) is 0. The van der Waals surface area contributed by atoms with E-state index in [0.717, 1.165) is 6.16 Å². The molecule has 4 aromatic carbocycles. The van der Waals surface area contributed by atoms with Gasteiger partial charge in [0.2, 0.25) is 0 Å². The van der Waals surface area contributed by atoms with Crippen LogP contribution in [0.3, 0.4) is 0 Å². The molecule has 0 unspecified atom stereocenters. The number of carbonyl (C=O) groups is 2. The van der Waals surface area contributed by atoms with Gasteiger partial charge in [-0.25, -0.2) is 0 Å². The third-order valence-electron chi connectivity index (χ3n) is 5.34. The van der Waals surface area contributed by atoms with Crippen LogP contribution in [0.2, 0.25) is 0 Å². The SMILES string of the molecule is CC.CC.CC(=O)CCP(c1ccccc1)c1ccccc1.CC(=O)CP(c1ccccc1)c1ccccc1.[CH3-].[CH3-].[Y].[Y].[Y].[Y]. The van der Waals surface area contributed by atoms with E-state index in [-0.39, 0.29) is 157 Å². The maximum atomic E-state index is 11.4. The van der Waals surface area contributed by atoms with Crippen LogP contribution in [0.4, 0.5) is 0 Å². The topological polar surface area (TPSA) is 34.1 Å². The van der Waals surface area contributed by atoms with Crippen LogP contribution in [-0.4, -0.2) is 23.9 Å². The first-order chi connectivity index (χ1) is 19.0. The van der Waals surface area contributed by atoms with Crippen molar-refractivity contribution in [1.29, 1.82) is 0 Å². The molecule has 8 heteroatoms. The molecule has 45 heavy (non-hydrogen) atoms. The van der Waals surface area contributed by atoms with Gasteiger partial charge in [-0.2, -0.15) is 0 Å². The first kappa shape index (κ1) is 58.7. The molecule has 4 radical (unpaired) electrons. The van der Waals surface area contributed by atoms with Gasteiger partial charge in [0.25, 0.3) is 0 Å². The minimum absolute atomic E-state index is 0. The number of ketones is 2. The largest absolute Gasteiger partial charge is 0.358 e. The maximum Gasteiger partial charge on any atom is 0.134 e. The van der Waals surface area contributed by atoms with E-state index < -0.39 is 15.8 Å². The average Bonchev–Trinajstić information content (AvgIpc) is 3.00. The van der Waals surface area contributed by atoms with Gasteiger partial charge in [-0.05, 0) is 57.1 Å². The van der Waals surface area contributed by atoms with Gasteiger partial charge in [0.05, 0.1) is 0 Å². The predicted molar refractivity (Wildman–Crippen MR) is 189 cm³/mol. The maximum absolute atomic E-state index is 11.4. The van der Waals surface area contributed by atoms with E-state index in [4.69, 9.17) is 0 Å². The second-order valence-corrected chi connectivity index (χ2v) is 12.8. The Morgan fingerprint density at radius 1 is 0.444 bits per heavy atom. The molecule has 0 aliphatic rings. The summed E-state index contributed by atoms with van der Waals surface area (Å²) in [4.78, 5) is 22.6. The number of rotatable bonds is 9. The van der Waals surface area contributed by atoms with E-state index in [1.165, 1.54) is 21.2 Å². The van der Waals surface area contributed by atoms with E-state index in [1.807, 2.05) is 76.2 Å². The number of Topliss-reactive ketones (excluding diaryl/α,β-unsaturated/α-hetero) is 2. The van der Waals surface area contributed by atoms with Crippen LogP contribution in [0.5, 0.6) is 0 Å². The zero-order chi connectivity index (χ0) is 28.9. The number of benzene rings is 4. The quantitative estimate of drug-likeness (QED) is 0.124.